The number of nitrogens with one attached hydrogen (secondary N) is 1. The van der Waals surface area contributed by atoms with Gasteiger partial charge in [-0.15, -0.1) is 23.5 Å². The van der Waals surface area contributed by atoms with E-state index in [2.05, 4.69) is 6.92 Å². The van der Waals surface area contributed by atoms with E-state index in [1.54, 1.807) is 23.5 Å². The van der Waals surface area contributed by atoms with Gasteiger partial charge in [-0.3, -0.25) is 5.41 Å². The maximum absolute atomic E-state index is 7.61. The van der Waals surface area contributed by atoms with E-state index in [0.717, 1.165) is 27.5 Å². The van der Waals surface area contributed by atoms with Crippen LogP contribution >= 0.6 is 23.5 Å². The van der Waals surface area contributed by atoms with Crippen LogP contribution in [0.1, 0.15) is 18.9 Å². The number of nitrogen functional groups attached to an aromatic ring is 1. The Morgan fingerprint density at radius 1 is 1.40 bits per heavy atom. The van der Waals surface area contributed by atoms with Gasteiger partial charge in [-0.05, 0) is 30.6 Å². The fourth-order valence-electron chi connectivity index (χ4n) is 1.28. The average Bonchev–Trinajstić information content (AvgIpc) is 2.25. The topological polar surface area (TPSA) is 49.9 Å². The molecule has 0 unspecified atom stereocenters. The summed E-state index contributed by atoms with van der Waals surface area (Å²) < 4.78 is 0. The van der Waals surface area contributed by atoms with Gasteiger partial charge in [0.15, 0.2) is 0 Å². The monoisotopic (exact) mass is 240 g/mol. The molecule has 1 aromatic carbocycles. The fourth-order valence-corrected chi connectivity index (χ4v) is 2.95. The molecule has 3 N–H and O–H groups in total. The summed E-state index contributed by atoms with van der Waals surface area (Å²) in [4.78, 5) is 2.21. The molecule has 0 amide bonds. The van der Waals surface area contributed by atoms with Crippen molar-refractivity contribution in [2.75, 3.05) is 12.0 Å². The van der Waals surface area contributed by atoms with Crippen LogP contribution in [0.4, 0.5) is 0 Å². The molecule has 4 heteroatoms. The van der Waals surface area contributed by atoms with Crippen molar-refractivity contribution in [1.29, 1.82) is 5.41 Å². The Kier molecular flexibility index (Phi) is 5.05. The van der Waals surface area contributed by atoms with Gasteiger partial charge in [-0.1, -0.05) is 13.0 Å². The molecule has 0 aromatic heterocycles. The van der Waals surface area contributed by atoms with Crippen LogP contribution in [0, 0.1) is 5.41 Å². The Bertz CT molecular complexity index is 350. The third kappa shape index (κ3) is 3.18. The zero-order valence-corrected chi connectivity index (χ0v) is 10.7. The summed E-state index contributed by atoms with van der Waals surface area (Å²) in [5.74, 6) is 1.23. The predicted octanol–water partition coefficient (Wildman–Crippen LogP) is 3.19. The van der Waals surface area contributed by atoms with Crippen LogP contribution in [0.2, 0.25) is 0 Å². The molecule has 0 bridgehead atoms. The van der Waals surface area contributed by atoms with Crippen molar-refractivity contribution < 1.29 is 0 Å². The Morgan fingerprint density at radius 2 is 2.07 bits per heavy atom. The lowest BCUT2D eigenvalue weighted by atomic mass is 10.2. The minimum atomic E-state index is 0.165. The maximum atomic E-state index is 7.61. The van der Waals surface area contributed by atoms with Crippen LogP contribution in [-0.4, -0.2) is 17.8 Å². The molecule has 0 saturated heterocycles. The molecule has 0 fully saturated rings. The zero-order valence-electron chi connectivity index (χ0n) is 9.04. The molecule has 15 heavy (non-hydrogen) atoms. The summed E-state index contributed by atoms with van der Waals surface area (Å²) >= 11 is 3.41. The normalized spacial score (nSPS) is 10.3. The van der Waals surface area contributed by atoms with Gasteiger partial charge >= 0.3 is 0 Å². The molecule has 0 aliphatic carbocycles. The van der Waals surface area contributed by atoms with Crippen molar-refractivity contribution >= 4 is 29.4 Å². The van der Waals surface area contributed by atoms with Crippen LogP contribution in [0.3, 0.4) is 0 Å². The average molecular weight is 240 g/mol. The van der Waals surface area contributed by atoms with E-state index >= 15 is 0 Å². The lowest BCUT2D eigenvalue weighted by Crippen LogP contribution is -2.13. The van der Waals surface area contributed by atoms with Crippen LogP contribution in [0.5, 0.6) is 0 Å². The zero-order chi connectivity index (χ0) is 11.3. The summed E-state index contributed by atoms with van der Waals surface area (Å²) in [6.07, 6.45) is 3.14. The Hall–Kier alpha value is -0.610. The predicted molar refractivity (Wildman–Crippen MR) is 70.3 cm³/mol. The number of amidine groups is 1. The second-order valence-corrected chi connectivity index (χ2v) is 5.08. The van der Waals surface area contributed by atoms with Gasteiger partial charge < -0.3 is 5.73 Å². The Morgan fingerprint density at radius 3 is 2.60 bits per heavy atom. The van der Waals surface area contributed by atoms with Crippen molar-refractivity contribution in [3.8, 4) is 0 Å². The molecule has 0 saturated carbocycles. The van der Waals surface area contributed by atoms with E-state index in [1.165, 1.54) is 0 Å². The van der Waals surface area contributed by atoms with Crippen molar-refractivity contribution in [1.82, 2.24) is 0 Å². The summed E-state index contributed by atoms with van der Waals surface area (Å²) in [5.41, 5.74) is 6.51. The molecule has 82 valence electrons. The molecule has 1 aromatic rings. The van der Waals surface area contributed by atoms with E-state index in [4.69, 9.17) is 11.1 Å². The van der Waals surface area contributed by atoms with Gasteiger partial charge in [0, 0.05) is 15.4 Å². The second kappa shape index (κ2) is 6.08. The largest absolute Gasteiger partial charge is 0.384 e. The summed E-state index contributed by atoms with van der Waals surface area (Å²) in [7, 11) is 0. The number of hydrogen-bond donors (Lipinski definition) is 2. The summed E-state index contributed by atoms with van der Waals surface area (Å²) in [6, 6.07) is 6.07. The minimum Gasteiger partial charge on any atom is -0.384 e. The van der Waals surface area contributed by atoms with E-state index in [0.29, 0.717) is 0 Å². The highest BCUT2D eigenvalue weighted by molar-refractivity contribution is 8.00. The summed E-state index contributed by atoms with van der Waals surface area (Å²) in [5, 5.41) is 7.61. The molecule has 2 nitrogen and oxygen atoms in total. The number of thioether (sulfide) groups is 2. The first kappa shape index (κ1) is 12.5. The van der Waals surface area contributed by atoms with Gasteiger partial charge in [-0.2, -0.15) is 0 Å². The second-order valence-electron chi connectivity index (χ2n) is 3.10. The SMILES string of the molecule is CCCSc1cccc(SC)c1C(=N)N. The van der Waals surface area contributed by atoms with E-state index < -0.39 is 0 Å². The summed E-state index contributed by atoms with van der Waals surface area (Å²) in [6.45, 7) is 2.15. The van der Waals surface area contributed by atoms with E-state index in [-0.39, 0.29) is 5.84 Å². The highest BCUT2D eigenvalue weighted by Gasteiger charge is 2.10. The first-order chi connectivity index (χ1) is 7.20. The van der Waals surface area contributed by atoms with Crippen molar-refractivity contribution in [3.63, 3.8) is 0 Å². The first-order valence-corrected chi connectivity index (χ1v) is 7.06. The smallest absolute Gasteiger partial charge is 0.125 e. The highest BCUT2D eigenvalue weighted by Crippen LogP contribution is 2.30. The van der Waals surface area contributed by atoms with Crippen LogP contribution in [0.25, 0.3) is 0 Å². The molecular weight excluding hydrogens is 224 g/mol. The Balaban J connectivity index is 3.07. The van der Waals surface area contributed by atoms with Gasteiger partial charge in [0.1, 0.15) is 5.84 Å². The molecule has 0 atom stereocenters. The molecule has 0 spiro atoms. The van der Waals surface area contributed by atoms with Gasteiger partial charge in [-0.25, -0.2) is 0 Å². The lowest BCUT2D eigenvalue weighted by Gasteiger charge is -2.11. The standard InChI is InChI=1S/C11H16N2S2/c1-3-7-15-9-6-4-5-8(14-2)10(9)11(12)13/h4-6H,3,7H2,1-2H3,(H3,12,13). The number of hydrogen-bond acceptors (Lipinski definition) is 3. The molecular formula is C11H16N2S2. The molecule has 1 rings (SSSR count). The molecule has 0 aliphatic rings. The third-order valence-corrected chi connectivity index (χ3v) is 3.98. The first-order valence-electron chi connectivity index (χ1n) is 4.84. The third-order valence-electron chi connectivity index (χ3n) is 1.94. The van der Waals surface area contributed by atoms with Crippen LogP contribution in [-0.2, 0) is 0 Å². The maximum Gasteiger partial charge on any atom is 0.125 e. The van der Waals surface area contributed by atoms with Crippen LogP contribution < -0.4 is 5.73 Å². The molecule has 0 aliphatic heterocycles. The van der Waals surface area contributed by atoms with Crippen molar-refractivity contribution in [3.05, 3.63) is 23.8 Å². The van der Waals surface area contributed by atoms with E-state index in [9.17, 15) is 0 Å². The van der Waals surface area contributed by atoms with Gasteiger partial charge in [0.25, 0.3) is 0 Å². The van der Waals surface area contributed by atoms with Crippen LogP contribution in [0.15, 0.2) is 28.0 Å². The highest BCUT2D eigenvalue weighted by atomic mass is 32.2. The quantitative estimate of drug-likeness (QED) is 0.472. The number of nitrogens with two attached hydrogens (primary N) is 1. The van der Waals surface area contributed by atoms with Gasteiger partial charge in [0.05, 0.1) is 0 Å². The molecule has 0 heterocycles. The fraction of sp³-hybridized carbons (Fsp3) is 0.364. The molecule has 0 radical (unpaired) electrons. The van der Waals surface area contributed by atoms with Crippen molar-refractivity contribution in [2.24, 2.45) is 5.73 Å². The number of rotatable bonds is 5. The van der Waals surface area contributed by atoms with Gasteiger partial charge in [0.2, 0.25) is 0 Å². The minimum absolute atomic E-state index is 0.165. The Labute approximate surface area is 99.5 Å². The van der Waals surface area contributed by atoms with Crippen molar-refractivity contribution in [2.45, 2.75) is 23.1 Å². The lowest BCUT2D eigenvalue weighted by molar-refractivity contribution is 1.10. The number of benzene rings is 1. The van der Waals surface area contributed by atoms with E-state index in [1.807, 2.05) is 24.5 Å².